The highest BCUT2D eigenvalue weighted by Crippen LogP contribution is 2.31. The van der Waals surface area contributed by atoms with Crippen molar-refractivity contribution in [3.05, 3.63) is 23.8 Å². The Morgan fingerprint density at radius 3 is 2.41 bits per heavy atom. The van der Waals surface area contributed by atoms with E-state index in [9.17, 15) is 0 Å². The topological polar surface area (TPSA) is 27.7 Å². The van der Waals surface area contributed by atoms with Crippen LogP contribution in [0.5, 0.6) is 11.5 Å². The standard InChI is InChI=1S/C19H32O3/c1-6-8-17(15(2)3)13-16-9-10-18(21-5)19(14-16)22-12-7-11-20-4/h9-10,14-15,17H,6-8,11-13H2,1-5H3/t17-/m1/s1. The van der Waals surface area contributed by atoms with Gasteiger partial charge in [-0.25, -0.2) is 0 Å². The van der Waals surface area contributed by atoms with Crippen molar-refractivity contribution in [2.45, 2.75) is 46.5 Å². The van der Waals surface area contributed by atoms with Crippen molar-refractivity contribution in [1.82, 2.24) is 0 Å². The normalized spacial score (nSPS) is 12.5. The van der Waals surface area contributed by atoms with E-state index in [1.165, 1.54) is 18.4 Å². The zero-order valence-electron chi connectivity index (χ0n) is 14.9. The monoisotopic (exact) mass is 308 g/mol. The molecule has 1 rings (SSSR count). The Morgan fingerprint density at radius 2 is 1.82 bits per heavy atom. The van der Waals surface area contributed by atoms with E-state index in [-0.39, 0.29) is 0 Å². The van der Waals surface area contributed by atoms with E-state index in [1.54, 1.807) is 14.2 Å². The van der Waals surface area contributed by atoms with Crippen LogP contribution in [0, 0.1) is 11.8 Å². The summed E-state index contributed by atoms with van der Waals surface area (Å²) in [7, 11) is 3.39. The molecule has 3 heteroatoms. The Kier molecular flexibility index (Phi) is 8.98. The van der Waals surface area contributed by atoms with Gasteiger partial charge < -0.3 is 14.2 Å². The van der Waals surface area contributed by atoms with Crippen LogP contribution in [0.4, 0.5) is 0 Å². The molecule has 0 unspecified atom stereocenters. The minimum Gasteiger partial charge on any atom is -0.493 e. The first-order valence-corrected chi connectivity index (χ1v) is 8.41. The van der Waals surface area contributed by atoms with Gasteiger partial charge in [0.05, 0.1) is 13.7 Å². The second-order valence-electron chi connectivity index (χ2n) is 6.18. The maximum atomic E-state index is 5.87. The van der Waals surface area contributed by atoms with E-state index in [0.717, 1.165) is 30.3 Å². The van der Waals surface area contributed by atoms with E-state index >= 15 is 0 Å². The molecule has 0 aliphatic rings. The van der Waals surface area contributed by atoms with Crippen LogP contribution in [-0.2, 0) is 11.2 Å². The fraction of sp³-hybridized carbons (Fsp3) is 0.684. The quantitative estimate of drug-likeness (QED) is 0.553. The summed E-state index contributed by atoms with van der Waals surface area (Å²) in [4.78, 5) is 0. The van der Waals surface area contributed by atoms with Crippen LogP contribution in [0.25, 0.3) is 0 Å². The summed E-state index contributed by atoms with van der Waals surface area (Å²) in [5, 5.41) is 0. The lowest BCUT2D eigenvalue weighted by Crippen LogP contribution is -2.12. The first-order valence-electron chi connectivity index (χ1n) is 8.41. The molecule has 0 saturated carbocycles. The lowest BCUT2D eigenvalue weighted by molar-refractivity contribution is 0.170. The summed E-state index contributed by atoms with van der Waals surface area (Å²) in [5.41, 5.74) is 1.33. The van der Waals surface area contributed by atoms with Crippen molar-refractivity contribution in [3.63, 3.8) is 0 Å². The lowest BCUT2D eigenvalue weighted by Gasteiger charge is -2.21. The molecule has 0 aromatic heterocycles. The Balaban J connectivity index is 2.75. The Morgan fingerprint density at radius 1 is 1.05 bits per heavy atom. The van der Waals surface area contributed by atoms with Crippen LogP contribution >= 0.6 is 0 Å². The van der Waals surface area contributed by atoms with Crippen LogP contribution < -0.4 is 9.47 Å². The molecule has 0 aliphatic heterocycles. The van der Waals surface area contributed by atoms with Gasteiger partial charge in [-0.3, -0.25) is 0 Å². The Hall–Kier alpha value is -1.22. The van der Waals surface area contributed by atoms with Gasteiger partial charge in [-0.1, -0.05) is 39.7 Å². The maximum absolute atomic E-state index is 5.87. The molecule has 0 radical (unpaired) electrons. The molecular weight excluding hydrogens is 276 g/mol. The predicted octanol–water partition coefficient (Wildman–Crippen LogP) is 4.73. The van der Waals surface area contributed by atoms with E-state index in [2.05, 4.69) is 32.9 Å². The molecule has 0 fully saturated rings. The molecule has 22 heavy (non-hydrogen) atoms. The number of benzene rings is 1. The maximum Gasteiger partial charge on any atom is 0.161 e. The summed E-state index contributed by atoms with van der Waals surface area (Å²) in [5.74, 6) is 3.07. The van der Waals surface area contributed by atoms with E-state index < -0.39 is 0 Å². The number of ether oxygens (including phenoxy) is 3. The van der Waals surface area contributed by atoms with Gasteiger partial charge in [0.15, 0.2) is 11.5 Å². The number of hydrogen-bond acceptors (Lipinski definition) is 3. The fourth-order valence-electron chi connectivity index (χ4n) is 2.69. The molecule has 0 heterocycles. The highest BCUT2D eigenvalue weighted by atomic mass is 16.5. The van der Waals surface area contributed by atoms with Gasteiger partial charge in [0.25, 0.3) is 0 Å². The van der Waals surface area contributed by atoms with E-state index in [0.29, 0.717) is 19.1 Å². The van der Waals surface area contributed by atoms with Gasteiger partial charge >= 0.3 is 0 Å². The molecule has 1 aromatic rings. The molecule has 0 amide bonds. The van der Waals surface area contributed by atoms with Gasteiger partial charge in [-0.15, -0.1) is 0 Å². The van der Waals surface area contributed by atoms with Gasteiger partial charge in [-0.2, -0.15) is 0 Å². The molecule has 0 N–H and O–H groups in total. The molecular formula is C19H32O3. The van der Waals surface area contributed by atoms with Gasteiger partial charge in [0.2, 0.25) is 0 Å². The second kappa shape index (κ2) is 10.5. The van der Waals surface area contributed by atoms with Crippen molar-refractivity contribution in [2.75, 3.05) is 27.4 Å². The molecule has 126 valence electrons. The predicted molar refractivity (Wildman–Crippen MR) is 91.9 cm³/mol. The molecule has 0 aliphatic carbocycles. The van der Waals surface area contributed by atoms with Crippen molar-refractivity contribution < 1.29 is 14.2 Å². The summed E-state index contributed by atoms with van der Waals surface area (Å²) < 4.78 is 16.3. The number of rotatable bonds is 11. The Labute approximate surface area is 136 Å². The third-order valence-electron chi connectivity index (χ3n) is 4.08. The SMILES string of the molecule is CCC[C@H](Cc1ccc(OC)c(OCCCOC)c1)C(C)C. The molecule has 0 saturated heterocycles. The van der Waals surface area contributed by atoms with Crippen molar-refractivity contribution in [2.24, 2.45) is 11.8 Å². The van der Waals surface area contributed by atoms with Crippen molar-refractivity contribution in [1.29, 1.82) is 0 Å². The molecule has 0 spiro atoms. The van der Waals surface area contributed by atoms with Crippen LogP contribution in [-0.4, -0.2) is 27.4 Å². The smallest absolute Gasteiger partial charge is 0.161 e. The van der Waals surface area contributed by atoms with Gasteiger partial charge in [-0.05, 0) is 36.0 Å². The molecule has 0 bridgehead atoms. The van der Waals surface area contributed by atoms with Crippen molar-refractivity contribution >= 4 is 0 Å². The van der Waals surface area contributed by atoms with Gasteiger partial charge in [0.1, 0.15) is 0 Å². The number of methoxy groups -OCH3 is 2. The first-order chi connectivity index (χ1) is 10.6. The third-order valence-corrected chi connectivity index (χ3v) is 4.08. The van der Waals surface area contributed by atoms with Crippen LogP contribution in [0.3, 0.4) is 0 Å². The van der Waals surface area contributed by atoms with E-state index in [1.807, 2.05) is 6.07 Å². The molecule has 3 nitrogen and oxygen atoms in total. The van der Waals surface area contributed by atoms with E-state index in [4.69, 9.17) is 14.2 Å². The zero-order chi connectivity index (χ0) is 16.4. The highest BCUT2D eigenvalue weighted by Gasteiger charge is 2.14. The highest BCUT2D eigenvalue weighted by molar-refractivity contribution is 5.43. The summed E-state index contributed by atoms with van der Waals surface area (Å²) in [6.45, 7) is 8.25. The first kappa shape index (κ1) is 18.8. The minimum absolute atomic E-state index is 0.649. The van der Waals surface area contributed by atoms with Crippen molar-refractivity contribution in [3.8, 4) is 11.5 Å². The molecule has 1 aromatic carbocycles. The Bertz CT molecular complexity index is 415. The number of hydrogen-bond donors (Lipinski definition) is 0. The fourth-order valence-corrected chi connectivity index (χ4v) is 2.69. The summed E-state index contributed by atoms with van der Waals surface area (Å²) >= 11 is 0. The minimum atomic E-state index is 0.649. The zero-order valence-corrected chi connectivity index (χ0v) is 14.9. The second-order valence-corrected chi connectivity index (χ2v) is 6.18. The summed E-state index contributed by atoms with van der Waals surface area (Å²) in [6.07, 6.45) is 4.49. The van der Waals surface area contributed by atoms with Crippen LogP contribution in [0.1, 0.15) is 45.6 Å². The largest absolute Gasteiger partial charge is 0.493 e. The third kappa shape index (κ3) is 6.27. The molecule has 1 atom stereocenters. The van der Waals surface area contributed by atoms with Crippen LogP contribution in [0.15, 0.2) is 18.2 Å². The average molecular weight is 308 g/mol. The average Bonchev–Trinajstić information content (AvgIpc) is 2.51. The lowest BCUT2D eigenvalue weighted by atomic mass is 9.86. The summed E-state index contributed by atoms with van der Waals surface area (Å²) in [6, 6.07) is 6.31. The van der Waals surface area contributed by atoms with Gasteiger partial charge in [0, 0.05) is 20.1 Å². The van der Waals surface area contributed by atoms with Crippen LogP contribution in [0.2, 0.25) is 0 Å².